The van der Waals surface area contributed by atoms with Crippen molar-refractivity contribution in [1.82, 2.24) is 20.3 Å². The molecule has 1 unspecified atom stereocenters. The van der Waals surface area contributed by atoms with E-state index in [-0.39, 0.29) is 0 Å². The summed E-state index contributed by atoms with van der Waals surface area (Å²) in [6.45, 7) is 2.05. The van der Waals surface area contributed by atoms with Crippen LogP contribution in [0.2, 0.25) is 0 Å². The van der Waals surface area contributed by atoms with Gasteiger partial charge in [-0.05, 0) is 36.5 Å². The predicted molar refractivity (Wildman–Crippen MR) is 85.5 cm³/mol. The maximum atomic E-state index is 4.74. The molecule has 0 aliphatic carbocycles. The fraction of sp³-hybridized carbons (Fsp3) is 0.267. The maximum absolute atomic E-state index is 4.74. The van der Waals surface area contributed by atoms with Gasteiger partial charge in [-0.1, -0.05) is 0 Å². The lowest BCUT2D eigenvalue weighted by Crippen LogP contribution is -2.22. The Morgan fingerprint density at radius 3 is 2.90 bits per heavy atom. The molecule has 0 spiro atoms. The molecule has 5 nitrogen and oxygen atoms in total. The van der Waals surface area contributed by atoms with E-state index < -0.39 is 0 Å². The second-order valence-electron chi connectivity index (χ2n) is 5.10. The molecule has 1 aliphatic rings. The van der Waals surface area contributed by atoms with Crippen LogP contribution < -0.4 is 10.6 Å². The van der Waals surface area contributed by atoms with E-state index in [1.54, 1.807) is 23.7 Å². The van der Waals surface area contributed by atoms with Gasteiger partial charge in [-0.3, -0.25) is 4.98 Å². The minimum atomic E-state index is 0.440. The summed E-state index contributed by atoms with van der Waals surface area (Å²) >= 11 is 1.68. The fourth-order valence-electron chi connectivity index (χ4n) is 2.56. The highest BCUT2D eigenvalue weighted by atomic mass is 32.1. The van der Waals surface area contributed by atoms with Gasteiger partial charge in [0.25, 0.3) is 0 Å². The molecule has 1 atom stereocenters. The number of pyridine rings is 1. The first-order valence-electron chi connectivity index (χ1n) is 7.03. The lowest BCUT2D eigenvalue weighted by Gasteiger charge is -2.13. The zero-order chi connectivity index (χ0) is 14.1. The van der Waals surface area contributed by atoms with Crippen molar-refractivity contribution in [1.29, 1.82) is 0 Å². The fourth-order valence-corrected chi connectivity index (χ4v) is 3.35. The number of fused-ring (bicyclic) bond motifs is 1. The molecule has 4 rings (SSSR count). The summed E-state index contributed by atoms with van der Waals surface area (Å²) in [6.07, 6.45) is 4.66. The number of rotatable bonds is 3. The summed E-state index contributed by atoms with van der Waals surface area (Å²) in [6, 6.07) is 6.36. The zero-order valence-corrected chi connectivity index (χ0v) is 12.2. The van der Waals surface area contributed by atoms with Crippen LogP contribution >= 0.6 is 11.3 Å². The van der Waals surface area contributed by atoms with Crippen LogP contribution in [0.5, 0.6) is 0 Å². The van der Waals surface area contributed by atoms with Crippen LogP contribution in [0, 0.1) is 0 Å². The molecule has 21 heavy (non-hydrogen) atoms. The Bertz CT molecular complexity index is 749. The van der Waals surface area contributed by atoms with Crippen LogP contribution in [0.15, 0.2) is 36.0 Å². The number of hydrogen-bond donors (Lipinski definition) is 2. The molecule has 0 saturated carbocycles. The SMILES string of the molecule is c1cc(-c2nc(NC3CCNC3)c3sccc3n2)ccn1. The van der Waals surface area contributed by atoms with Gasteiger partial charge in [-0.15, -0.1) is 11.3 Å². The molecule has 0 radical (unpaired) electrons. The first-order chi connectivity index (χ1) is 10.4. The number of thiophene rings is 1. The van der Waals surface area contributed by atoms with Gasteiger partial charge >= 0.3 is 0 Å². The minimum Gasteiger partial charge on any atom is -0.365 e. The molecule has 1 saturated heterocycles. The van der Waals surface area contributed by atoms with Crippen molar-refractivity contribution in [3.8, 4) is 11.4 Å². The number of nitrogens with one attached hydrogen (secondary N) is 2. The van der Waals surface area contributed by atoms with Crippen LogP contribution in [0.25, 0.3) is 21.6 Å². The quantitative estimate of drug-likeness (QED) is 0.778. The Labute approximate surface area is 126 Å². The van der Waals surface area contributed by atoms with Crippen LogP contribution in [-0.4, -0.2) is 34.1 Å². The van der Waals surface area contributed by atoms with E-state index in [1.165, 1.54) is 0 Å². The van der Waals surface area contributed by atoms with Crippen LogP contribution in [0.4, 0.5) is 5.82 Å². The molecule has 0 bridgehead atoms. The van der Waals surface area contributed by atoms with E-state index >= 15 is 0 Å². The van der Waals surface area contributed by atoms with Crippen molar-refractivity contribution in [2.24, 2.45) is 0 Å². The third kappa shape index (κ3) is 2.48. The highest BCUT2D eigenvalue weighted by molar-refractivity contribution is 7.17. The second kappa shape index (κ2) is 5.38. The number of anilines is 1. The molecule has 1 fully saturated rings. The van der Waals surface area contributed by atoms with Crippen molar-refractivity contribution in [3.05, 3.63) is 36.0 Å². The molecular weight excluding hydrogens is 282 g/mol. The van der Waals surface area contributed by atoms with E-state index in [2.05, 4.69) is 26.0 Å². The summed E-state index contributed by atoms with van der Waals surface area (Å²) in [5.41, 5.74) is 1.99. The van der Waals surface area contributed by atoms with Gasteiger partial charge in [-0.2, -0.15) is 0 Å². The van der Waals surface area contributed by atoms with E-state index in [1.807, 2.05) is 18.2 Å². The Morgan fingerprint density at radius 1 is 1.19 bits per heavy atom. The molecule has 0 aromatic carbocycles. The summed E-state index contributed by atoms with van der Waals surface area (Å²) in [4.78, 5) is 13.4. The Balaban J connectivity index is 1.78. The Kier molecular flexibility index (Phi) is 3.25. The lowest BCUT2D eigenvalue weighted by molar-refractivity contribution is 0.789. The van der Waals surface area contributed by atoms with Crippen LogP contribution in [-0.2, 0) is 0 Å². The van der Waals surface area contributed by atoms with E-state index in [0.717, 1.165) is 46.9 Å². The van der Waals surface area contributed by atoms with E-state index in [4.69, 9.17) is 4.98 Å². The Hall–Kier alpha value is -2.05. The van der Waals surface area contributed by atoms with Gasteiger partial charge in [0, 0.05) is 30.5 Å². The molecule has 4 heterocycles. The molecule has 106 valence electrons. The molecule has 3 aromatic rings. The number of aromatic nitrogens is 3. The molecular formula is C15H15N5S. The normalized spacial score (nSPS) is 18.2. The summed E-state index contributed by atoms with van der Waals surface area (Å²) in [7, 11) is 0. The summed E-state index contributed by atoms with van der Waals surface area (Å²) < 4.78 is 1.12. The van der Waals surface area contributed by atoms with Crippen LogP contribution in [0.3, 0.4) is 0 Å². The number of hydrogen-bond acceptors (Lipinski definition) is 6. The molecule has 1 aliphatic heterocycles. The highest BCUT2D eigenvalue weighted by Gasteiger charge is 2.17. The van der Waals surface area contributed by atoms with Crippen molar-refractivity contribution in [2.75, 3.05) is 18.4 Å². The van der Waals surface area contributed by atoms with E-state index in [0.29, 0.717) is 6.04 Å². The third-order valence-corrected chi connectivity index (χ3v) is 4.55. The second-order valence-corrected chi connectivity index (χ2v) is 6.02. The van der Waals surface area contributed by atoms with Gasteiger partial charge in [0.2, 0.25) is 0 Å². The lowest BCUT2D eigenvalue weighted by atomic mass is 10.2. The molecule has 2 N–H and O–H groups in total. The Morgan fingerprint density at radius 2 is 2.10 bits per heavy atom. The topological polar surface area (TPSA) is 62.7 Å². The molecule has 0 amide bonds. The largest absolute Gasteiger partial charge is 0.365 e. The average molecular weight is 297 g/mol. The van der Waals surface area contributed by atoms with Gasteiger partial charge in [0.1, 0.15) is 5.82 Å². The third-order valence-electron chi connectivity index (χ3n) is 3.64. The highest BCUT2D eigenvalue weighted by Crippen LogP contribution is 2.29. The summed E-state index contributed by atoms with van der Waals surface area (Å²) in [5.74, 6) is 1.69. The minimum absolute atomic E-state index is 0.440. The molecule has 6 heteroatoms. The monoisotopic (exact) mass is 297 g/mol. The van der Waals surface area contributed by atoms with Gasteiger partial charge in [0.05, 0.1) is 10.2 Å². The predicted octanol–water partition coefficient (Wildman–Crippen LogP) is 2.53. The first kappa shape index (κ1) is 12.7. The first-order valence-corrected chi connectivity index (χ1v) is 7.91. The standard InChI is InChI=1S/C15H15N5S/c1-5-16-6-2-10(1)14-19-12-4-8-21-13(12)15(20-14)18-11-3-7-17-9-11/h1-2,4-6,8,11,17H,3,7,9H2,(H,18,19,20). The summed E-state index contributed by atoms with van der Waals surface area (Å²) in [5, 5.41) is 8.99. The van der Waals surface area contributed by atoms with Crippen molar-refractivity contribution >= 4 is 27.4 Å². The van der Waals surface area contributed by atoms with Crippen molar-refractivity contribution in [2.45, 2.75) is 12.5 Å². The van der Waals surface area contributed by atoms with Gasteiger partial charge in [0.15, 0.2) is 5.82 Å². The molecule has 3 aromatic heterocycles. The smallest absolute Gasteiger partial charge is 0.162 e. The van der Waals surface area contributed by atoms with Crippen LogP contribution in [0.1, 0.15) is 6.42 Å². The maximum Gasteiger partial charge on any atom is 0.162 e. The van der Waals surface area contributed by atoms with Gasteiger partial charge < -0.3 is 10.6 Å². The van der Waals surface area contributed by atoms with Crippen molar-refractivity contribution < 1.29 is 0 Å². The van der Waals surface area contributed by atoms with Crippen molar-refractivity contribution in [3.63, 3.8) is 0 Å². The van der Waals surface area contributed by atoms with Gasteiger partial charge in [-0.25, -0.2) is 9.97 Å². The average Bonchev–Trinajstić information content (AvgIpc) is 3.19. The number of nitrogens with zero attached hydrogens (tertiary/aromatic N) is 3. The van der Waals surface area contributed by atoms with E-state index in [9.17, 15) is 0 Å². The zero-order valence-electron chi connectivity index (χ0n) is 11.4.